The van der Waals surface area contributed by atoms with Gasteiger partial charge in [-0.1, -0.05) is 11.6 Å². The highest BCUT2D eigenvalue weighted by Gasteiger charge is 2.27. The van der Waals surface area contributed by atoms with Crippen LogP contribution in [0.2, 0.25) is 5.15 Å². The molecule has 1 fully saturated rings. The normalized spacial score (nSPS) is 25.2. The van der Waals surface area contributed by atoms with E-state index in [-0.39, 0.29) is 5.54 Å². The molecule has 1 aromatic rings. The van der Waals surface area contributed by atoms with Gasteiger partial charge in [0, 0.05) is 31.3 Å². The molecular formula is C12H20ClN3O. The van der Waals surface area contributed by atoms with Crippen LogP contribution in [0.1, 0.15) is 31.0 Å². The van der Waals surface area contributed by atoms with Crippen molar-refractivity contribution in [1.82, 2.24) is 15.1 Å². The molecule has 0 aromatic carbocycles. The van der Waals surface area contributed by atoms with Crippen LogP contribution < -0.4 is 5.32 Å². The summed E-state index contributed by atoms with van der Waals surface area (Å²) in [7, 11) is 1.87. The Labute approximate surface area is 107 Å². The number of nitrogens with one attached hydrogen (secondary N) is 1. The average molecular weight is 258 g/mol. The van der Waals surface area contributed by atoms with Gasteiger partial charge in [-0.15, -0.1) is 0 Å². The second-order valence-electron chi connectivity index (χ2n) is 5.05. The summed E-state index contributed by atoms with van der Waals surface area (Å²) in [5, 5.41) is 8.57. The summed E-state index contributed by atoms with van der Waals surface area (Å²) in [4.78, 5) is 0. The van der Waals surface area contributed by atoms with E-state index in [1.54, 1.807) is 4.68 Å². The molecule has 0 spiro atoms. The van der Waals surface area contributed by atoms with Crippen molar-refractivity contribution in [2.75, 3.05) is 13.2 Å². The smallest absolute Gasteiger partial charge is 0.131 e. The van der Waals surface area contributed by atoms with E-state index in [1.165, 1.54) is 0 Å². The SMILES string of the molecule is Cc1nn(C)c(Cl)c1CNC1(C)CCCOC1. The van der Waals surface area contributed by atoms with Crippen molar-refractivity contribution in [1.29, 1.82) is 0 Å². The molecule has 96 valence electrons. The van der Waals surface area contributed by atoms with Crippen molar-refractivity contribution in [2.45, 2.75) is 38.8 Å². The predicted octanol–water partition coefficient (Wildman–Crippen LogP) is 2.04. The van der Waals surface area contributed by atoms with E-state index < -0.39 is 0 Å². The molecule has 1 aliphatic rings. The van der Waals surface area contributed by atoms with E-state index in [1.807, 2.05) is 14.0 Å². The zero-order valence-electron chi connectivity index (χ0n) is 10.7. The van der Waals surface area contributed by atoms with Gasteiger partial charge in [-0.2, -0.15) is 5.10 Å². The van der Waals surface area contributed by atoms with Crippen molar-refractivity contribution in [3.05, 3.63) is 16.4 Å². The fourth-order valence-electron chi connectivity index (χ4n) is 2.25. The first-order valence-electron chi connectivity index (χ1n) is 6.02. The lowest BCUT2D eigenvalue weighted by molar-refractivity contribution is 0.0277. The van der Waals surface area contributed by atoms with E-state index in [0.29, 0.717) is 0 Å². The lowest BCUT2D eigenvalue weighted by Gasteiger charge is -2.34. The van der Waals surface area contributed by atoms with E-state index in [4.69, 9.17) is 16.3 Å². The van der Waals surface area contributed by atoms with Gasteiger partial charge in [-0.05, 0) is 26.7 Å². The van der Waals surface area contributed by atoms with Gasteiger partial charge in [-0.25, -0.2) is 0 Å². The van der Waals surface area contributed by atoms with Gasteiger partial charge in [0.15, 0.2) is 0 Å². The van der Waals surface area contributed by atoms with Crippen LogP contribution in [-0.4, -0.2) is 28.5 Å². The Morgan fingerprint density at radius 1 is 1.59 bits per heavy atom. The molecule has 5 heteroatoms. The Morgan fingerprint density at radius 3 is 2.88 bits per heavy atom. The highest BCUT2D eigenvalue weighted by molar-refractivity contribution is 6.30. The van der Waals surface area contributed by atoms with E-state index in [9.17, 15) is 0 Å². The monoisotopic (exact) mass is 257 g/mol. The van der Waals surface area contributed by atoms with Crippen molar-refractivity contribution in [3.63, 3.8) is 0 Å². The maximum Gasteiger partial charge on any atom is 0.131 e. The molecule has 1 saturated heterocycles. The number of ether oxygens (including phenoxy) is 1. The summed E-state index contributed by atoms with van der Waals surface area (Å²) < 4.78 is 7.24. The van der Waals surface area contributed by atoms with Crippen LogP contribution in [0.3, 0.4) is 0 Å². The molecule has 1 aromatic heterocycles. The Morgan fingerprint density at radius 2 is 2.35 bits per heavy atom. The molecule has 1 aliphatic heterocycles. The molecule has 17 heavy (non-hydrogen) atoms. The number of aryl methyl sites for hydroxylation is 2. The fraction of sp³-hybridized carbons (Fsp3) is 0.750. The van der Waals surface area contributed by atoms with Gasteiger partial charge in [0.25, 0.3) is 0 Å². The van der Waals surface area contributed by atoms with Crippen molar-refractivity contribution in [2.24, 2.45) is 7.05 Å². The second-order valence-corrected chi connectivity index (χ2v) is 5.41. The van der Waals surface area contributed by atoms with Gasteiger partial charge in [0.1, 0.15) is 5.15 Å². The number of aromatic nitrogens is 2. The second kappa shape index (κ2) is 4.96. The van der Waals surface area contributed by atoms with Crippen molar-refractivity contribution >= 4 is 11.6 Å². The summed E-state index contributed by atoms with van der Waals surface area (Å²) in [6.45, 7) is 6.58. The molecule has 2 heterocycles. The number of hydrogen-bond acceptors (Lipinski definition) is 3. The molecule has 0 radical (unpaired) electrons. The first-order valence-corrected chi connectivity index (χ1v) is 6.40. The van der Waals surface area contributed by atoms with Gasteiger partial charge >= 0.3 is 0 Å². The van der Waals surface area contributed by atoms with Crippen LogP contribution in [-0.2, 0) is 18.3 Å². The molecule has 0 amide bonds. The van der Waals surface area contributed by atoms with E-state index >= 15 is 0 Å². The van der Waals surface area contributed by atoms with Gasteiger partial charge in [0.05, 0.1) is 12.3 Å². The van der Waals surface area contributed by atoms with Gasteiger partial charge in [-0.3, -0.25) is 4.68 Å². The minimum atomic E-state index is 0.0594. The standard InChI is InChI=1S/C12H20ClN3O/c1-9-10(11(13)16(3)15-9)7-14-12(2)5-4-6-17-8-12/h14H,4-8H2,1-3H3. The Bertz CT molecular complexity index is 397. The molecule has 1 atom stereocenters. The van der Waals surface area contributed by atoms with Gasteiger partial charge < -0.3 is 10.1 Å². The van der Waals surface area contributed by atoms with Crippen LogP contribution in [0, 0.1) is 6.92 Å². The van der Waals surface area contributed by atoms with Crippen LogP contribution >= 0.6 is 11.6 Å². The number of halogens is 1. The molecule has 1 N–H and O–H groups in total. The fourth-order valence-corrected chi connectivity index (χ4v) is 2.49. The largest absolute Gasteiger partial charge is 0.380 e. The summed E-state index contributed by atoms with van der Waals surface area (Å²) >= 11 is 6.21. The first kappa shape index (κ1) is 12.9. The number of hydrogen-bond donors (Lipinski definition) is 1. The quantitative estimate of drug-likeness (QED) is 0.901. The average Bonchev–Trinajstić information content (AvgIpc) is 2.52. The summed E-state index contributed by atoms with van der Waals surface area (Å²) in [6.07, 6.45) is 2.26. The third kappa shape index (κ3) is 2.81. The molecule has 4 nitrogen and oxygen atoms in total. The molecular weight excluding hydrogens is 238 g/mol. The van der Waals surface area contributed by atoms with Crippen LogP contribution in [0.15, 0.2) is 0 Å². The maximum absolute atomic E-state index is 6.21. The third-order valence-electron chi connectivity index (χ3n) is 3.40. The van der Waals surface area contributed by atoms with E-state index in [0.717, 1.165) is 49.0 Å². The lowest BCUT2D eigenvalue weighted by atomic mass is 9.94. The molecule has 0 aliphatic carbocycles. The highest BCUT2D eigenvalue weighted by Crippen LogP contribution is 2.22. The maximum atomic E-state index is 6.21. The van der Waals surface area contributed by atoms with Crippen LogP contribution in [0.4, 0.5) is 0 Å². The zero-order valence-corrected chi connectivity index (χ0v) is 11.5. The lowest BCUT2D eigenvalue weighted by Crippen LogP contribution is -2.48. The molecule has 2 rings (SSSR count). The Balaban J connectivity index is 2.01. The number of nitrogens with zero attached hydrogens (tertiary/aromatic N) is 2. The van der Waals surface area contributed by atoms with Gasteiger partial charge in [0.2, 0.25) is 0 Å². The Kier molecular flexibility index (Phi) is 3.76. The minimum absolute atomic E-state index is 0.0594. The Hall–Kier alpha value is -0.580. The van der Waals surface area contributed by atoms with Crippen LogP contribution in [0.25, 0.3) is 0 Å². The third-order valence-corrected chi connectivity index (χ3v) is 3.87. The molecule has 0 bridgehead atoms. The molecule has 1 unspecified atom stereocenters. The van der Waals surface area contributed by atoms with Crippen molar-refractivity contribution < 1.29 is 4.74 Å². The first-order chi connectivity index (χ1) is 8.02. The topological polar surface area (TPSA) is 39.1 Å². The summed E-state index contributed by atoms with van der Waals surface area (Å²) in [5.41, 5.74) is 2.13. The zero-order chi connectivity index (χ0) is 12.5. The minimum Gasteiger partial charge on any atom is -0.380 e. The van der Waals surface area contributed by atoms with Crippen LogP contribution in [0.5, 0.6) is 0 Å². The summed E-state index contributed by atoms with van der Waals surface area (Å²) in [5.74, 6) is 0. The van der Waals surface area contributed by atoms with Crippen molar-refractivity contribution in [3.8, 4) is 0 Å². The summed E-state index contributed by atoms with van der Waals surface area (Å²) in [6, 6.07) is 0. The number of rotatable bonds is 3. The predicted molar refractivity (Wildman–Crippen MR) is 68.3 cm³/mol. The molecule has 0 saturated carbocycles. The highest BCUT2D eigenvalue weighted by atomic mass is 35.5. The van der Waals surface area contributed by atoms with E-state index in [2.05, 4.69) is 17.3 Å².